The van der Waals surface area contributed by atoms with Crippen molar-refractivity contribution < 1.29 is 4.39 Å². The highest BCUT2D eigenvalue weighted by molar-refractivity contribution is 7.95. The monoisotopic (exact) mass is 497 g/mol. The summed E-state index contributed by atoms with van der Waals surface area (Å²) in [5.41, 5.74) is 3.50. The average molecular weight is 498 g/mol. The molecule has 0 amide bonds. The molecule has 0 aliphatic rings. The summed E-state index contributed by atoms with van der Waals surface area (Å²) in [5, 5.41) is 6.52. The normalized spacial score (nSPS) is 11.5. The van der Waals surface area contributed by atoms with Crippen LogP contribution in [-0.4, -0.2) is 0 Å². The van der Waals surface area contributed by atoms with Gasteiger partial charge in [0, 0.05) is 5.56 Å². The van der Waals surface area contributed by atoms with E-state index in [0.29, 0.717) is 0 Å². The molecule has 0 heterocycles. The molecule has 37 heavy (non-hydrogen) atoms. The molecular formula is C35H27FP+. The zero-order valence-corrected chi connectivity index (χ0v) is 21.4. The molecule has 0 aliphatic carbocycles. The second-order valence-corrected chi connectivity index (χ2v) is 12.8. The van der Waals surface area contributed by atoms with Crippen LogP contribution in [0.4, 0.5) is 4.39 Å². The minimum atomic E-state index is -2.11. The summed E-state index contributed by atoms with van der Waals surface area (Å²) >= 11 is 0. The molecule has 2 heteroatoms. The molecule has 0 saturated carbocycles. The Morgan fingerprint density at radius 1 is 0.459 bits per heavy atom. The van der Waals surface area contributed by atoms with Gasteiger partial charge in [-0.3, -0.25) is 0 Å². The highest BCUT2D eigenvalue weighted by Crippen LogP contribution is 2.59. The summed E-state index contributed by atoms with van der Waals surface area (Å²) in [6, 6.07) is 52.9. The third-order valence-electron chi connectivity index (χ3n) is 7.18. The number of fused-ring (bicyclic) bond motifs is 1. The molecule has 0 fully saturated rings. The van der Waals surface area contributed by atoms with Crippen molar-refractivity contribution in [1.29, 1.82) is 0 Å². The van der Waals surface area contributed by atoms with Gasteiger partial charge in [0.2, 0.25) is 0 Å². The fourth-order valence-corrected chi connectivity index (χ4v) is 9.71. The quantitative estimate of drug-likeness (QED) is 0.204. The van der Waals surface area contributed by atoms with E-state index >= 15 is 0 Å². The standard InChI is InChI=1S/C35H27FP/c36-29-23-20-28(21-24-29)34-25-22-27-12-10-11-19-33(27)35(34)26-37(30-13-4-1-5-14-30,31-15-6-2-7-16-31)32-17-8-3-9-18-32/h1-25H,26H2/q+1. The highest BCUT2D eigenvalue weighted by atomic mass is 31.2. The molecule has 0 radical (unpaired) electrons. The lowest BCUT2D eigenvalue weighted by Crippen LogP contribution is -2.32. The molecule has 0 unspecified atom stereocenters. The Kier molecular flexibility index (Phi) is 6.39. The van der Waals surface area contributed by atoms with Crippen LogP contribution < -0.4 is 15.9 Å². The van der Waals surface area contributed by atoms with Crippen molar-refractivity contribution in [3.63, 3.8) is 0 Å². The molecule has 0 N–H and O–H groups in total. The summed E-state index contributed by atoms with van der Waals surface area (Å²) in [7, 11) is -2.11. The lowest BCUT2D eigenvalue weighted by Gasteiger charge is -2.29. The number of hydrogen-bond donors (Lipinski definition) is 0. The van der Waals surface area contributed by atoms with Crippen molar-refractivity contribution in [2.45, 2.75) is 6.16 Å². The zero-order valence-electron chi connectivity index (χ0n) is 20.5. The van der Waals surface area contributed by atoms with E-state index in [4.69, 9.17) is 0 Å². The first-order valence-corrected chi connectivity index (χ1v) is 14.5. The van der Waals surface area contributed by atoms with E-state index in [1.165, 1.54) is 32.2 Å². The summed E-state index contributed by atoms with van der Waals surface area (Å²) in [5.74, 6) is -0.217. The number of halogens is 1. The van der Waals surface area contributed by atoms with Gasteiger partial charge in [-0.15, -0.1) is 0 Å². The largest absolute Gasteiger partial charge is 0.207 e. The summed E-state index contributed by atoms with van der Waals surface area (Å²) in [6.07, 6.45) is 0.860. The highest BCUT2D eigenvalue weighted by Gasteiger charge is 2.46. The SMILES string of the molecule is Fc1ccc(-c2ccc3ccccc3c2C[P+](c2ccccc2)(c2ccccc2)c2ccccc2)cc1. The Bertz CT molecular complexity index is 1530. The van der Waals surface area contributed by atoms with Crippen molar-refractivity contribution in [3.05, 3.63) is 163 Å². The minimum Gasteiger partial charge on any atom is -0.207 e. The molecule has 0 spiro atoms. The van der Waals surface area contributed by atoms with Gasteiger partial charge in [-0.2, -0.15) is 0 Å². The second kappa shape index (κ2) is 10.1. The van der Waals surface area contributed by atoms with E-state index in [1.54, 1.807) is 12.1 Å². The van der Waals surface area contributed by atoms with E-state index in [0.717, 1.165) is 17.3 Å². The summed E-state index contributed by atoms with van der Waals surface area (Å²) < 4.78 is 13.9. The van der Waals surface area contributed by atoms with Crippen LogP contribution in [0, 0.1) is 5.82 Å². The number of rotatable bonds is 6. The van der Waals surface area contributed by atoms with E-state index < -0.39 is 7.26 Å². The van der Waals surface area contributed by atoms with E-state index in [1.807, 2.05) is 12.1 Å². The third-order valence-corrected chi connectivity index (χ3v) is 11.5. The van der Waals surface area contributed by atoms with Gasteiger partial charge in [0.05, 0.1) is 6.16 Å². The molecule has 0 bridgehead atoms. The smallest absolute Gasteiger partial charge is 0.123 e. The third kappa shape index (κ3) is 4.37. The fourth-order valence-electron chi connectivity index (χ4n) is 5.41. The van der Waals surface area contributed by atoms with E-state index in [-0.39, 0.29) is 5.82 Å². The van der Waals surface area contributed by atoms with Gasteiger partial charge in [-0.05, 0) is 70.4 Å². The first kappa shape index (κ1) is 23.3. The van der Waals surface area contributed by atoms with Crippen molar-refractivity contribution in [2.75, 3.05) is 0 Å². The van der Waals surface area contributed by atoms with Crippen LogP contribution in [0.15, 0.2) is 152 Å². The number of hydrogen-bond acceptors (Lipinski definition) is 0. The van der Waals surface area contributed by atoms with Gasteiger partial charge in [0.15, 0.2) is 0 Å². The maximum Gasteiger partial charge on any atom is 0.123 e. The summed E-state index contributed by atoms with van der Waals surface area (Å²) in [4.78, 5) is 0. The Hall–Kier alpha value is -4.06. The zero-order chi connectivity index (χ0) is 25.1. The maximum atomic E-state index is 13.9. The lowest BCUT2D eigenvalue weighted by atomic mass is 9.95. The van der Waals surface area contributed by atoms with Gasteiger partial charge in [0.1, 0.15) is 29.0 Å². The molecule has 6 rings (SSSR count). The molecule has 0 nitrogen and oxygen atoms in total. The van der Waals surface area contributed by atoms with Gasteiger partial charge in [-0.25, -0.2) is 4.39 Å². The first-order valence-electron chi connectivity index (χ1n) is 12.6. The van der Waals surface area contributed by atoms with Crippen LogP contribution in [0.2, 0.25) is 0 Å². The predicted molar refractivity (Wildman–Crippen MR) is 158 cm³/mol. The number of benzene rings is 6. The average Bonchev–Trinajstić information content (AvgIpc) is 2.98. The molecular weight excluding hydrogens is 470 g/mol. The van der Waals surface area contributed by atoms with Gasteiger partial charge in [-0.1, -0.05) is 103 Å². The van der Waals surface area contributed by atoms with Crippen LogP contribution in [0.3, 0.4) is 0 Å². The van der Waals surface area contributed by atoms with Crippen LogP contribution in [0.5, 0.6) is 0 Å². The summed E-state index contributed by atoms with van der Waals surface area (Å²) in [6.45, 7) is 0. The minimum absolute atomic E-state index is 0.217. The van der Waals surface area contributed by atoms with E-state index in [2.05, 4.69) is 127 Å². The van der Waals surface area contributed by atoms with Crippen molar-refractivity contribution in [3.8, 4) is 11.1 Å². The van der Waals surface area contributed by atoms with Gasteiger partial charge >= 0.3 is 0 Å². The molecule has 0 aromatic heterocycles. The van der Waals surface area contributed by atoms with Crippen LogP contribution in [0.1, 0.15) is 5.56 Å². The Morgan fingerprint density at radius 3 is 1.49 bits per heavy atom. The van der Waals surface area contributed by atoms with Gasteiger partial charge < -0.3 is 0 Å². The molecule has 0 aliphatic heterocycles. The van der Waals surface area contributed by atoms with Crippen LogP contribution >= 0.6 is 7.26 Å². The van der Waals surface area contributed by atoms with Gasteiger partial charge in [0.25, 0.3) is 0 Å². The Morgan fingerprint density at radius 2 is 0.946 bits per heavy atom. The fraction of sp³-hybridized carbons (Fsp3) is 0.0286. The second-order valence-electron chi connectivity index (χ2n) is 9.29. The van der Waals surface area contributed by atoms with Crippen LogP contribution in [-0.2, 0) is 6.16 Å². The van der Waals surface area contributed by atoms with Crippen LogP contribution in [0.25, 0.3) is 21.9 Å². The molecule has 6 aromatic rings. The molecule has 0 saturated heterocycles. The first-order chi connectivity index (χ1) is 18.3. The van der Waals surface area contributed by atoms with E-state index in [9.17, 15) is 4.39 Å². The molecule has 0 atom stereocenters. The van der Waals surface area contributed by atoms with Crippen molar-refractivity contribution in [1.82, 2.24) is 0 Å². The molecule has 178 valence electrons. The molecule has 6 aromatic carbocycles. The Labute approximate surface area is 218 Å². The Balaban J connectivity index is 1.69. The van der Waals surface area contributed by atoms with Crippen molar-refractivity contribution >= 4 is 33.9 Å². The lowest BCUT2D eigenvalue weighted by molar-refractivity contribution is 0.628. The predicted octanol–water partition coefficient (Wildman–Crippen LogP) is 8.14. The van der Waals surface area contributed by atoms with Crippen molar-refractivity contribution in [2.24, 2.45) is 0 Å². The maximum absolute atomic E-state index is 13.9. The topological polar surface area (TPSA) is 0 Å².